The van der Waals surface area contributed by atoms with E-state index in [1.54, 1.807) is 4.90 Å². The number of aromatic nitrogens is 3. The third-order valence-corrected chi connectivity index (χ3v) is 7.45. The summed E-state index contributed by atoms with van der Waals surface area (Å²) in [5.74, 6) is 1.51. The molecule has 5 rings (SSSR count). The number of carbonyl (C=O) groups is 1. The van der Waals surface area contributed by atoms with Crippen molar-refractivity contribution in [3.63, 3.8) is 0 Å². The van der Waals surface area contributed by atoms with E-state index in [4.69, 9.17) is 4.98 Å². The molecule has 3 aromatic heterocycles. The Hall–Kier alpha value is -2.77. The second-order valence-corrected chi connectivity index (χ2v) is 10.1. The van der Waals surface area contributed by atoms with Crippen LogP contribution in [0.4, 0.5) is 0 Å². The van der Waals surface area contributed by atoms with E-state index < -0.39 is 0 Å². The van der Waals surface area contributed by atoms with E-state index in [2.05, 4.69) is 58.6 Å². The Bertz CT molecular complexity index is 1290. The van der Waals surface area contributed by atoms with Crippen LogP contribution in [0, 0.1) is 0 Å². The van der Waals surface area contributed by atoms with Gasteiger partial charge in [-0.15, -0.1) is 11.3 Å². The maximum atomic E-state index is 13.0. The van der Waals surface area contributed by atoms with Crippen molar-refractivity contribution in [3.05, 3.63) is 58.9 Å². The zero-order valence-electron chi connectivity index (χ0n) is 19.1. The number of amides is 1. The minimum atomic E-state index is 0.0723. The van der Waals surface area contributed by atoms with Gasteiger partial charge in [-0.05, 0) is 50.6 Å². The highest BCUT2D eigenvalue weighted by molar-refractivity contribution is 7.20. The normalized spacial score (nSPS) is 17.1. The van der Waals surface area contributed by atoms with Crippen molar-refractivity contribution in [1.29, 1.82) is 0 Å². The molecule has 166 valence electrons. The minimum absolute atomic E-state index is 0.0723. The highest BCUT2D eigenvalue weighted by atomic mass is 32.1. The quantitative estimate of drug-likeness (QED) is 0.436. The van der Waals surface area contributed by atoms with Crippen molar-refractivity contribution >= 4 is 38.5 Å². The van der Waals surface area contributed by atoms with Gasteiger partial charge in [0.1, 0.15) is 10.7 Å². The number of imidazole rings is 1. The second kappa shape index (κ2) is 8.30. The van der Waals surface area contributed by atoms with Crippen molar-refractivity contribution in [2.75, 3.05) is 27.2 Å². The van der Waals surface area contributed by atoms with Gasteiger partial charge in [0, 0.05) is 44.2 Å². The largest absolute Gasteiger partial charge is 0.344 e. The maximum absolute atomic E-state index is 13.0. The van der Waals surface area contributed by atoms with Gasteiger partial charge in [0.15, 0.2) is 0 Å². The van der Waals surface area contributed by atoms with E-state index >= 15 is 0 Å². The average Bonchev–Trinajstić information content (AvgIpc) is 3.47. The third-order valence-electron chi connectivity index (χ3n) is 6.34. The van der Waals surface area contributed by atoms with E-state index in [1.807, 2.05) is 26.4 Å². The van der Waals surface area contributed by atoms with Crippen molar-refractivity contribution in [1.82, 2.24) is 24.3 Å². The molecule has 0 N–H and O–H groups in total. The first-order valence-corrected chi connectivity index (χ1v) is 12.0. The SMILES string of the molecule is CC(C)n1c(CN2CCC(c3c(C(=O)N(C)C)sc4ncccc34)C2)nc2ccccc21. The maximum Gasteiger partial charge on any atom is 0.263 e. The summed E-state index contributed by atoms with van der Waals surface area (Å²) in [7, 11) is 3.64. The Morgan fingerprint density at radius 3 is 2.81 bits per heavy atom. The first kappa shape index (κ1) is 21.1. The Kier molecular flexibility index (Phi) is 5.47. The summed E-state index contributed by atoms with van der Waals surface area (Å²) in [5.41, 5.74) is 3.43. The molecule has 0 aliphatic carbocycles. The number of fused-ring (bicyclic) bond motifs is 2. The van der Waals surface area contributed by atoms with Gasteiger partial charge >= 0.3 is 0 Å². The van der Waals surface area contributed by atoms with Crippen molar-refractivity contribution in [2.45, 2.75) is 38.8 Å². The van der Waals surface area contributed by atoms with Crippen molar-refractivity contribution in [3.8, 4) is 0 Å². The number of para-hydroxylation sites is 2. The van der Waals surface area contributed by atoms with E-state index in [0.717, 1.165) is 52.5 Å². The summed E-state index contributed by atoms with van der Waals surface area (Å²) in [4.78, 5) is 28.4. The molecular weight excluding hydrogens is 418 g/mol. The van der Waals surface area contributed by atoms with Crippen molar-refractivity contribution in [2.24, 2.45) is 0 Å². The van der Waals surface area contributed by atoms with Crippen LogP contribution in [0.15, 0.2) is 42.6 Å². The van der Waals surface area contributed by atoms with E-state index in [0.29, 0.717) is 12.0 Å². The molecule has 0 bridgehead atoms. The van der Waals surface area contributed by atoms with Crippen LogP contribution in [0.5, 0.6) is 0 Å². The van der Waals surface area contributed by atoms with Gasteiger partial charge in [-0.3, -0.25) is 9.69 Å². The highest BCUT2D eigenvalue weighted by Crippen LogP contribution is 2.40. The molecule has 1 fully saturated rings. The first-order chi connectivity index (χ1) is 15.4. The van der Waals surface area contributed by atoms with Gasteiger partial charge in [0.05, 0.1) is 22.5 Å². The lowest BCUT2D eigenvalue weighted by Gasteiger charge is -2.19. The summed E-state index contributed by atoms with van der Waals surface area (Å²) in [6.45, 7) is 7.18. The zero-order chi connectivity index (χ0) is 22.4. The Morgan fingerprint density at radius 1 is 1.22 bits per heavy atom. The number of nitrogens with zero attached hydrogens (tertiary/aromatic N) is 5. The fourth-order valence-corrected chi connectivity index (χ4v) is 6.16. The Morgan fingerprint density at radius 2 is 2.03 bits per heavy atom. The molecule has 7 heteroatoms. The molecular formula is C25H29N5OS. The number of pyridine rings is 1. The predicted molar refractivity (Wildman–Crippen MR) is 130 cm³/mol. The van der Waals surface area contributed by atoms with Gasteiger partial charge in [-0.25, -0.2) is 9.97 Å². The summed E-state index contributed by atoms with van der Waals surface area (Å²) in [6.07, 6.45) is 2.85. The van der Waals surface area contributed by atoms with Crippen LogP contribution in [0.1, 0.15) is 53.3 Å². The molecule has 1 aromatic carbocycles. The number of likely N-dealkylation sites (tertiary alicyclic amines) is 1. The fraction of sp³-hybridized carbons (Fsp3) is 0.400. The Labute approximate surface area is 192 Å². The van der Waals surface area contributed by atoms with Crippen LogP contribution in [0.3, 0.4) is 0 Å². The lowest BCUT2D eigenvalue weighted by Crippen LogP contribution is -2.24. The first-order valence-electron chi connectivity index (χ1n) is 11.2. The minimum Gasteiger partial charge on any atom is -0.344 e. The van der Waals surface area contributed by atoms with Crippen LogP contribution >= 0.6 is 11.3 Å². The molecule has 1 aliphatic heterocycles. The van der Waals surface area contributed by atoms with Gasteiger partial charge in [0.25, 0.3) is 5.91 Å². The molecule has 0 spiro atoms. The zero-order valence-corrected chi connectivity index (χ0v) is 19.9. The fourth-order valence-electron chi connectivity index (χ4n) is 4.91. The standard InChI is InChI=1S/C25H29N5OS/c1-16(2)30-20-10-6-5-9-19(20)27-21(30)15-29-13-11-17(14-29)22-18-8-7-12-26-24(18)32-23(22)25(31)28(3)4/h5-10,12,16-17H,11,13-15H2,1-4H3. The van der Waals surface area contributed by atoms with Crippen LogP contribution in [0.2, 0.25) is 0 Å². The van der Waals surface area contributed by atoms with Crippen LogP contribution in [-0.4, -0.2) is 57.4 Å². The van der Waals surface area contributed by atoms with Gasteiger partial charge < -0.3 is 9.47 Å². The molecule has 6 nitrogen and oxygen atoms in total. The summed E-state index contributed by atoms with van der Waals surface area (Å²) in [6, 6.07) is 12.8. The van der Waals surface area contributed by atoms with E-state index in [-0.39, 0.29) is 5.91 Å². The van der Waals surface area contributed by atoms with E-state index in [1.165, 1.54) is 22.4 Å². The van der Waals surface area contributed by atoms with E-state index in [9.17, 15) is 4.79 Å². The monoisotopic (exact) mass is 447 g/mol. The van der Waals surface area contributed by atoms with Gasteiger partial charge in [-0.2, -0.15) is 0 Å². The van der Waals surface area contributed by atoms with Crippen LogP contribution < -0.4 is 0 Å². The van der Waals surface area contributed by atoms with Crippen molar-refractivity contribution < 1.29 is 4.79 Å². The summed E-state index contributed by atoms with van der Waals surface area (Å²) >= 11 is 1.52. The third kappa shape index (κ3) is 3.59. The van der Waals surface area contributed by atoms with Crippen LogP contribution in [0.25, 0.3) is 21.3 Å². The topological polar surface area (TPSA) is 54.3 Å². The molecule has 32 heavy (non-hydrogen) atoms. The molecule has 1 amide bonds. The molecule has 4 heterocycles. The molecule has 1 unspecified atom stereocenters. The molecule has 0 saturated carbocycles. The predicted octanol–water partition coefficient (Wildman–Crippen LogP) is 4.92. The Balaban J connectivity index is 1.46. The van der Waals surface area contributed by atoms with Gasteiger partial charge in [-0.1, -0.05) is 18.2 Å². The number of thiophene rings is 1. The lowest BCUT2D eigenvalue weighted by molar-refractivity contribution is 0.0831. The second-order valence-electron chi connectivity index (χ2n) is 9.10. The number of benzene rings is 1. The smallest absolute Gasteiger partial charge is 0.263 e. The lowest BCUT2D eigenvalue weighted by atomic mass is 9.95. The van der Waals surface area contributed by atoms with Gasteiger partial charge in [0.2, 0.25) is 0 Å². The highest BCUT2D eigenvalue weighted by Gasteiger charge is 2.32. The number of carbonyl (C=O) groups excluding carboxylic acids is 1. The molecule has 0 radical (unpaired) electrons. The summed E-state index contributed by atoms with van der Waals surface area (Å²) < 4.78 is 2.35. The number of hydrogen-bond donors (Lipinski definition) is 0. The average molecular weight is 448 g/mol. The molecule has 1 atom stereocenters. The molecule has 4 aromatic rings. The number of rotatable bonds is 5. The molecule has 1 aliphatic rings. The summed E-state index contributed by atoms with van der Waals surface area (Å²) in [5, 5.41) is 1.13. The van der Waals surface area contributed by atoms with Crippen LogP contribution in [-0.2, 0) is 6.54 Å². The number of hydrogen-bond acceptors (Lipinski definition) is 5. The molecule has 1 saturated heterocycles.